The van der Waals surface area contributed by atoms with Crippen molar-refractivity contribution in [2.75, 3.05) is 6.26 Å². The molecule has 1 aliphatic carbocycles. The maximum absolute atomic E-state index is 4.73. The Kier molecular flexibility index (Phi) is 4.76. The molecule has 0 aliphatic heterocycles. The van der Waals surface area contributed by atoms with E-state index >= 15 is 0 Å². The van der Waals surface area contributed by atoms with E-state index in [0.717, 1.165) is 17.5 Å². The van der Waals surface area contributed by atoms with E-state index < -0.39 is 0 Å². The molecular weight excluding hydrogens is 284 g/mol. The summed E-state index contributed by atoms with van der Waals surface area (Å²) >= 11 is 3.76. The summed E-state index contributed by atoms with van der Waals surface area (Å²) in [4.78, 5) is 4.73. The fourth-order valence-electron chi connectivity index (χ4n) is 2.70. The minimum absolute atomic E-state index is 0.677. The van der Waals surface area contributed by atoms with Crippen molar-refractivity contribution in [3.63, 3.8) is 0 Å². The molecule has 2 aromatic rings. The highest BCUT2D eigenvalue weighted by Crippen LogP contribution is 2.28. The van der Waals surface area contributed by atoms with Gasteiger partial charge in [-0.15, -0.1) is 11.3 Å². The number of aromatic nitrogens is 1. The van der Waals surface area contributed by atoms with Crippen LogP contribution in [-0.2, 0) is 6.54 Å². The van der Waals surface area contributed by atoms with Crippen molar-refractivity contribution < 1.29 is 0 Å². The summed E-state index contributed by atoms with van der Waals surface area (Å²) in [5.74, 6) is 0. The lowest BCUT2D eigenvalue weighted by atomic mass is 10.2. The highest BCUT2D eigenvalue weighted by atomic mass is 32.2. The van der Waals surface area contributed by atoms with Crippen molar-refractivity contribution in [2.45, 2.75) is 37.1 Å². The zero-order chi connectivity index (χ0) is 13.8. The highest BCUT2D eigenvalue weighted by Gasteiger charge is 2.23. The maximum Gasteiger partial charge on any atom is 0.107 e. The first-order valence-electron chi connectivity index (χ1n) is 7.11. The monoisotopic (exact) mass is 304 g/mol. The smallest absolute Gasteiger partial charge is 0.107 e. The molecule has 1 aromatic heterocycles. The van der Waals surface area contributed by atoms with E-state index in [1.54, 1.807) is 11.3 Å². The van der Waals surface area contributed by atoms with Gasteiger partial charge in [0.1, 0.15) is 5.01 Å². The van der Waals surface area contributed by atoms with Gasteiger partial charge < -0.3 is 5.32 Å². The predicted octanol–water partition coefficient (Wildman–Crippen LogP) is 4.18. The summed E-state index contributed by atoms with van der Waals surface area (Å²) in [6.07, 6.45) is 6.19. The van der Waals surface area contributed by atoms with Gasteiger partial charge in [-0.25, -0.2) is 4.98 Å². The van der Waals surface area contributed by atoms with Crippen molar-refractivity contribution >= 4 is 23.1 Å². The molecule has 2 nitrogen and oxygen atoms in total. The average Bonchev–Trinajstić information content (AvgIpc) is 3.15. The topological polar surface area (TPSA) is 24.9 Å². The van der Waals surface area contributed by atoms with Crippen molar-refractivity contribution in [3.05, 3.63) is 40.7 Å². The Labute approximate surface area is 129 Å². The van der Waals surface area contributed by atoms with Gasteiger partial charge in [0.05, 0.1) is 5.69 Å². The number of hydrogen-bond donors (Lipinski definition) is 1. The molecule has 0 bridgehead atoms. The third-order valence-electron chi connectivity index (χ3n) is 3.88. The van der Waals surface area contributed by atoms with Gasteiger partial charge in [-0.2, -0.15) is 11.8 Å². The summed E-state index contributed by atoms with van der Waals surface area (Å²) in [5, 5.41) is 7.86. The largest absolute Gasteiger partial charge is 0.308 e. The first-order valence-corrected chi connectivity index (χ1v) is 9.28. The van der Waals surface area contributed by atoms with E-state index in [2.05, 4.69) is 41.2 Å². The first kappa shape index (κ1) is 14.1. The van der Waals surface area contributed by atoms with Gasteiger partial charge >= 0.3 is 0 Å². The molecule has 2 unspecified atom stereocenters. The van der Waals surface area contributed by atoms with Crippen molar-refractivity contribution in [1.82, 2.24) is 10.3 Å². The number of thiazole rings is 1. The summed E-state index contributed by atoms with van der Waals surface area (Å²) < 4.78 is 0. The van der Waals surface area contributed by atoms with Crippen molar-refractivity contribution in [3.8, 4) is 11.3 Å². The molecule has 3 rings (SSSR count). The van der Waals surface area contributed by atoms with Crippen LogP contribution in [0.1, 0.15) is 24.3 Å². The van der Waals surface area contributed by atoms with E-state index in [1.807, 2.05) is 17.8 Å². The molecule has 1 aromatic carbocycles. The second kappa shape index (κ2) is 6.74. The Bertz CT molecular complexity index is 538. The Morgan fingerprint density at radius 2 is 2.15 bits per heavy atom. The summed E-state index contributed by atoms with van der Waals surface area (Å²) in [7, 11) is 0. The van der Waals surface area contributed by atoms with Crippen LogP contribution in [0.4, 0.5) is 0 Å². The molecule has 0 amide bonds. The predicted molar refractivity (Wildman–Crippen MR) is 89.3 cm³/mol. The van der Waals surface area contributed by atoms with Crippen LogP contribution in [0.3, 0.4) is 0 Å². The molecule has 0 spiro atoms. The van der Waals surface area contributed by atoms with E-state index in [1.165, 1.54) is 29.8 Å². The minimum Gasteiger partial charge on any atom is -0.308 e. The third-order valence-corrected chi connectivity index (χ3v) is 5.82. The van der Waals surface area contributed by atoms with Crippen molar-refractivity contribution in [2.24, 2.45) is 0 Å². The van der Waals surface area contributed by atoms with Gasteiger partial charge in [-0.3, -0.25) is 0 Å². The Balaban J connectivity index is 1.56. The number of rotatable bonds is 5. The molecule has 1 saturated carbocycles. The van der Waals surface area contributed by atoms with Gasteiger partial charge in [0.2, 0.25) is 0 Å². The van der Waals surface area contributed by atoms with Gasteiger partial charge in [-0.1, -0.05) is 30.3 Å². The highest BCUT2D eigenvalue weighted by molar-refractivity contribution is 7.99. The third kappa shape index (κ3) is 3.43. The molecule has 20 heavy (non-hydrogen) atoms. The number of thioether (sulfide) groups is 1. The molecule has 0 saturated heterocycles. The molecule has 1 N–H and O–H groups in total. The molecule has 1 fully saturated rings. The molecule has 4 heteroatoms. The number of nitrogens with zero attached hydrogens (tertiary/aromatic N) is 1. The normalized spacial score (nSPS) is 22.2. The zero-order valence-corrected chi connectivity index (χ0v) is 13.3. The van der Waals surface area contributed by atoms with E-state index in [4.69, 9.17) is 4.98 Å². The lowest BCUT2D eigenvalue weighted by Crippen LogP contribution is -2.26. The van der Waals surface area contributed by atoms with E-state index in [9.17, 15) is 0 Å². The molecule has 0 radical (unpaired) electrons. The van der Waals surface area contributed by atoms with Crippen LogP contribution in [0.2, 0.25) is 0 Å². The second-order valence-electron chi connectivity index (χ2n) is 5.24. The molecular formula is C16H20N2S2. The molecule has 106 valence electrons. The standard InChI is InChI=1S/C16H20N2S2/c1-19-14-8-7-13(9-14)17-10-16-18-15(11-20-16)12-5-3-2-4-6-12/h2-6,11,13-14,17H,7-10H2,1H3. The zero-order valence-electron chi connectivity index (χ0n) is 11.7. The molecule has 1 heterocycles. The quantitative estimate of drug-likeness (QED) is 0.897. The van der Waals surface area contributed by atoms with Gasteiger partial charge in [0.15, 0.2) is 0 Å². The Hall–Kier alpha value is -0.840. The van der Waals surface area contributed by atoms with Crippen LogP contribution in [0.5, 0.6) is 0 Å². The summed E-state index contributed by atoms with van der Waals surface area (Å²) in [6, 6.07) is 11.1. The molecule has 2 atom stereocenters. The second-order valence-corrected chi connectivity index (χ2v) is 7.32. The van der Waals surface area contributed by atoms with Crippen LogP contribution in [0.25, 0.3) is 11.3 Å². The van der Waals surface area contributed by atoms with Crippen molar-refractivity contribution in [1.29, 1.82) is 0 Å². The Morgan fingerprint density at radius 3 is 2.90 bits per heavy atom. The molecule has 1 aliphatic rings. The Morgan fingerprint density at radius 1 is 1.30 bits per heavy atom. The van der Waals surface area contributed by atoms with Gasteiger partial charge in [0, 0.05) is 28.8 Å². The fourth-order valence-corrected chi connectivity index (χ4v) is 4.26. The first-order chi connectivity index (χ1) is 9.85. The number of hydrogen-bond acceptors (Lipinski definition) is 4. The summed E-state index contributed by atoms with van der Waals surface area (Å²) in [5.41, 5.74) is 2.30. The van der Waals surface area contributed by atoms with Crippen LogP contribution in [-0.4, -0.2) is 22.5 Å². The van der Waals surface area contributed by atoms with Crippen LogP contribution in [0, 0.1) is 0 Å². The van der Waals surface area contributed by atoms with Crippen LogP contribution in [0.15, 0.2) is 35.7 Å². The summed E-state index contributed by atoms with van der Waals surface area (Å²) in [6.45, 7) is 0.906. The van der Waals surface area contributed by atoms with E-state index in [-0.39, 0.29) is 0 Å². The minimum atomic E-state index is 0.677. The van der Waals surface area contributed by atoms with Crippen LogP contribution < -0.4 is 5.32 Å². The van der Waals surface area contributed by atoms with Crippen LogP contribution >= 0.6 is 23.1 Å². The van der Waals surface area contributed by atoms with Gasteiger partial charge in [0.25, 0.3) is 0 Å². The average molecular weight is 304 g/mol. The fraction of sp³-hybridized carbons (Fsp3) is 0.438. The number of benzene rings is 1. The maximum atomic E-state index is 4.73. The number of nitrogens with one attached hydrogen (secondary N) is 1. The van der Waals surface area contributed by atoms with Gasteiger partial charge in [-0.05, 0) is 25.5 Å². The lowest BCUT2D eigenvalue weighted by molar-refractivity contribution is 0.524. The lowest BCUT2D eigenvalue weighted by Gasteiger charge is -2.11. The SMILES string of the molecule is CSC1CCC(NCc2nc(-c3ccccc3)cs2)C1. The van der Waals surface area contributed by atoms with E-state index in [0.29, 0.717) is 6.04 Å².